The van der Waals surface area contributed by atoms with Crippen molar-refractivity contribution >= 4 is 15.6 Å². The molecule has 1 aliphatic rings. The maximum absolute atomic E-state index is 14.4. The lowest BCUT2D eigenvalue weighted by molar-refractivity contribution is 0.0774. The molecule has 1 aliphatic heterocycles. The fourth-order valence-corrected chi connectivity index (χ4v) is 4.45. The molecule has 11 heteroatoms. The molecule has 0 N–H and O–H groups in total. The van der Waals surface area contributed by atoms with E-state index < -0.39 is 15.7 Å². The Hall–Kier alpha value is -3.44. The number of nitrogens with zero attached hydrogens (tertiary/aromatic N) is 3. The molecule has 0 bridgehead atoms. The van der Waals surface area contributed by atoms with Gasteiger partial charge in [0.25, 0.3) is 0 Å². The molecular formula is C25H25F2N3O5S. The van der Waals surface area contributed by atoms with E-state index in [9.17, 15) is 22.0 Å². The average molecular weight is 518 g/mol. The first-order valence-electron chi connectivity index (χ1n) is 11.3. The van der Waals surface area contributed by atoms with Gasteiger partial charge in [-0.25, -0.2) is 27.2 Å². The average Bonchev–Trinajstić information content (AvgIpc) is 2.83. The molecule has 0 amide bonds. The molecule has 1 aromatic heterocycles. The first-order chi connectivity index (χ1) is 17.1. The summed E-state index contributed by atoms with van der Waals surface area (Å²) in [7, 11) is -3.55. The van der Waals surface area contributed by atoms with Gasteiger partial charge in [-0.3, -0.25) is 9.69 Å². The Morgan fingerprint density at radius 1 is 1.06 bits per heavy atom. The Morgan fingerprint density at radius 2 is 1.72 bits per heavy atom. The lowest BCUT2D eigenvalue weighted by Crippen LogP contribution is -2.41. The highest BCUT2D eigenvalue weighted by molar-refractivity contribution is 7.90. The molecule has 0 atom stereocenters. The van der Waals surface area contributed by atoms with Crippen LogP contribution >= 0.6 is 0 Å². The molecule has 190 valence electrons. The molecule has 0 radical (unpaired) electrons. The van der Waals surface area contributed by atoms with E-state index in [1.165, 1.54) is 42.7 Å². The number of Topliss-reactive ketones (excluding diaryl/α,β-unsaturated/α-hetero) is 1. The minimum atomic E-state index is -3.55. The Bertz CT molecular complexity index is 1360. The van der Waals surface area contributed by atoms with Gasteiger partial charge in [0, 0.05) is 24.9 Å². The summed E-state index contributed by atoms with van der Waals surface area (Å²) in [4.78, 5) is 22.5. The maximum Gasteiger partial charge on any atom is 0.229 e. The molecule has 2 aromatic carbocycles. The number of carbonyl (C=O) groups is 1. The van der Waals surface area contributed by atoms with E-state index in [2.05, 4.69) is 9.97 Å². The number of hydrogen-bond donors (Lipinski definition) is 0. The molecule has 8 nitrogen and oxygen atoms in total. The fraction of sp³-hybridized carbons (Fsp3) is 0.320. The second-order valence-corrected chi connectivity index (χ2v) is 10.6. The van der Waals surface area contributed by atoms with Crippen molar-refractivity contribution in [1.29, 1.82) is 0 Å². The lowest BCUT2D eigenvalue weighted by atomic mass is 10.1. The molecule has 2 heterocycles. The summed E-state index contributed by atoms with van der Waals surface area (Å²) in [5.74, 6) is -1.06. The number of hydrogen-bond acceptors (Lipinski definition) is 8. The van der Waals surface area contributed by atoms with E-state index >= 15 is 0 Å². The van der Waals surface area contributed by atoms with Gasteiger partial charge >= 0.3 is 0 Å². The van der Waals surface area contributed by atoms with Crippen molar-refractivity contribution < 1.29 is 31.5 Å². The van der Waals surface area contributed by atoms with Crippen molar-refractivity contribution in [3.63, 3.8) is 0 Å². The van der Waals surface area contributed by atoms with Crippen molar-refractivity contribution in [1.82, 2.24) is 14.9 Å². The van der Waals surface area contributed by atoms with Gasteiger partial charge in [0.2, 0.25) is 11.8 Å². The third kappa shape index (κ3) is 6.21. The van der Waals surface area contributed by atoms with Crippen LogP contribution < -0.4 is 9.47 Å². The van der Waals surface area contributed by atoms with E-state index in [-0.39, 0.29) is 40.8 Å². The lowest BCUT2D eigenvalue weighted by Gasteiger charge is -2.31. The van der Waals surface area contributed by atoms with Crippen LogP contribution in [0.15, 0.2) is 53.7 Å². The summed E-state index contributed by atoms with van der Waals surface area (Å²) < 4.78 is 62.3. The fourth-order valence-electron chi connectivity index (χ4n) is 3.81. The van der Waals surface area contributed by atoms with Crippen molar-refractivity contribution in [2.24, 2.45) is 0 Å². The first kappa shape index (κ1) is 25.6. The molecule has 0 aliphatic carbocycles. The molecule has 3 aromatic rings. The zero-order chi connectivity index (χ0) is 25.9. The molecule has 4 rings (SSSR count). The smallest absolute Gasteiger partial charge is 0.229 e. The highest BCUT2D eigenvalue weighted by Gasteiger charge is 2.24. The van der Waals surface area contributed by atoms with Crippen molar-refractivity contribution in [3.8, 4) is 17.5 Å². The molecule has 0 unspecified atom stereocenters. The first-order valence-corrected chi connectivity index (χ1v) is 13.2. The number of carbonyl (C=O) groups excluding carboxylic acids is 1. The summed E-state index contributed by atoms with van der Waals surface area (Å²) in [5.41, 5.74) is 0.944. The molecular weight excluding hydrogens is 492 g/mol. The highest BCUT2D eigenvalue weighted by atomic mass is 32.2. The number of rotatable bonds is 8. The van der Waals surface area contributed by atoms with Gasteiger partial charge in [-0.2, -0.15) is 0 Å². The van der Waals surface area contributed by atoms with E-state index in [0.717, 1.165) is 12.3 Å². The molecule has 1 saturated heterocycles. The van der Waals surface area contributed by atoms with E-state index in [1.54, 1.807) is 6.92 Å². The van der Waals surface area contributed by atoms with Crippen LogP contribution in [0.4, 0.5) is 8.78 Å². The monoisotopic (exact) mass is 517 g/mol. The van der Waals surface area contributed by atoms with Crippen LogP contribution in [0.3, 0.4) is 0 Å². The zero-order valence-electron chi connectivity index (χ0n) is 19.8. The topological polar surface area (TPSA) is 98.7 Å². The Kier molecular flexibility index (Phi) is 7.60. The largest absolute Gasteiger partial charge is 0.474 e. The minimum Gasteiger partial charge on any atom is -0.474 e. The quantitative estimate of drug-likeness (QED) is 0.414. The van der Waals surface area contributed by atoms with Gasteiger partial charge in [0.15, 0.2) is 27.2 Å². The number of ketones is 1. The number of aromatic nitrogens is 2. The van der Waals surface area contributed by atoms with Gasteiger partial charge in [0.1, 0.15) is 18.2 Å². The molecule has 0 spiro atoms. The Labute approximate surface area is 207 Å². The number of likely N-dealkylation sites (tertiary alicyclic amines) is 1. The van der Waals surface area contributed by atoms with Crippen LogP contribution in [0.5, 0.6) is 17.5 Å². The van der Waals surface area contributed by atoms with Gasteiger partial charge in [-0.1, -0.05) is 0 Å². The summed E-state index contributed by atoms with van der Waals surface area (Å²) in [6.07, 6.45) is 3.43. The van der Waals surface area contributed by atoms with Gasteiger partial charge in [0.05, 0.1) is 17.0 Å². The normalized spacial score (nSPS) is 15.0. The third-order valence-electron chi connectivity index (χ3n) is 5.88. The van der Waals surface area contributed by atoms with Crippen LogP contribution in [-0.2, 0) is 9.84 Å². The Morgan fingerprint density at radius 3 is 2.36 bits per heavy atom. The second-order valence-electron chi connectivity index (χ2n) is 8.60. The molecule has 1 fully saturated rings. The van der Waals surface area contributed by atoms with E-state index in [1.807, 2.05) is 4.90 Å². The van der Waals surface area contributed by atoms with Crippen LogP contribution in [0.2, 0.25) is 0 Å². The Balaban J connectivity index is 1.35. The van der Waals surface area contributed by atoms with Crippen LogP contribution in [0.1, 0.15) is 28.8 Å². The standard InChI is InChI=1S/C25H25F2N3O5S/c1-16-24(28-15-29-25(16)35-23-8-7-20(13-21(23)27)36(2,32)33)34-19-9-11-30(12-10-19)14-22(31)17-3-5-18(26)6-4-17/h3-8,13,15,19H,9-12,14H2,1-2H3. The summed E-state index contributed by atoms with van der Waals surface area (Å²) in [6, 6.07) is 8.90. The van der Waals surface area contributed by atoms with E-state index in [4.69, 9.17) is 9.47 Å². The summed E-state index contributed by atoms with van der Waals surface area (Å²) in [6.45, 7) is 3.21. The summed E-state index contributed by atoms with van der Waals surface area (Å²) in [5, 5.41) is 0. The number of halogens is 2. The van der Waals surface area contributed by atoms with Crippen LogP contribution in [0, 0.1) is 18.6 Å². The minimum absolute atomic E-state index is 0.0698. The van der Waals surface area contributed by atoms with Gasteiger partial charge in [-0.05, 0) is 62.2 Å². The van der Waals surface area contributed by atoms with E-state index in [0.29, 0.717) is 42.9 Å². The number of piperidine rings is 1. The number of sulfone groups is 1. The van der Waals surface area contributed by atoms with Crippen LogP contribution in [-0.4, -0.2) is 61.1 Å². The van der Waals surface area contributed by atoms with Crippen molar-refractivity contribution in [2.75, 3.05) is 25.9 Å². The molecule has 36 heavy (non-hydrogen) atoms. The molecule has 0 saturated carbocycles. The number of ether oxygens (including phenoxy) is 2. The SMILES string of the molecule is Cc1c(Oc2ccc(S(C)(=O)=O)cc2F)ncnc1OC1CCN(CC(=O)c2ccc(F)cc2)CC1. The predicted octanol–water partition coefficient (Wildman–Crippen LogP) is 3.99. The zero-order valence-corrected chi connectivity index (χ0v) is 20.6. The van der Waals surface area contributed by atoms with Gasteiger partial charge in [-0.15, -0.1) is 0 Å². The number of benzene rings is 2. The third-order valence-corrected chi connectivity index (χ3v) is 6.99. The van der Waals surface area contributed by atoms with Gasteiger partial charge < -0.3 is 9.47 Å². The second kappa shape index (κ2) is 10.7. The summed E-state index contributed by atoms with van der Waals surface area (Å²) >= 11 is 0. The van der Waals surface area contributed by atoms with Crippen LogP contribution in [0.25, 0.3) is 0 Å². The predicted molar refractivity (Wildman–Crippen MR) is 127 cm³/mol. The van der Waals surface area contributed by atoms with Crippen molar-refractivity contribution in [2.45, 2.75) is 30.8 Å². The van der Waals surface area contributed by atoms with Crippen molar-refractivity contribution in [3.05, 3.63) is 71.6 Å². The maximum atomic E-state index is 14.4. The highest BCUT2D eigenvalue weighted by Crippen LogP contribution is 2.31.